The minimum atomic E-state index is -3.98. The van der Waals surface area contributed by atoms with E-state index in [0.717, 1.165) is 10.5 Å². The molecule has 2 aromatic carbocycles. The number of phenols is 1. The molecule has 0 aromatic heterocycles. The number of anilines is 1. The van der Waals surface area contributed by atoms with E-state index in [1.165, 1.54) is 12.1 Å². The number of phenolic OH excluding ortho intramolecular Hbond substituents is 1. The van der Waals surface area contributed by atoms with E-state index in [4.69, 9.17) is 0 Å². The van der Waals surface area contributed by atoms with E-state index in [1.54, 1.807) is 30.3 Å². The maximum Gasteiger partial charge on any atom is 0.330 e. The molecule has 0 atom stereocenters. The van der Waals surface area contributed by atoms with Gasteiger partial charge in [-0.1, -0.05) is 36.4 Å². The molecular weight excluding hydrogens is 418 g/mol. The predicted molar refractivity (Wildman–Crippen MR) is 109 cm³/mol. The molecule has 1 aliphatic heterocycles. The summed E-state index contributed by atoms with van der Waals surface area (Å²) in [6.45, 7) is 0.235. The van der Waals surface area contributed by atoms with Gasteiger partial charge in [-0.05, 0) is 36.1 Å². The van der Waals surface area contributed by atoms with E-state index < -0.39 is 26.1 Å². The van der Waals surface area contributed by atoms with Gasteiger partial charge in [0.05, 0.1) is 12.0 Å². The van der Waals surface area contributed by atoms with E-state index in [9.17, 15) is 27.0 Å². The van der Waals surface area contributed by atoms with Crippen molar-refractivity contribution in [2.45, 2.75) is 18.6 Å². The fourth-order valence-electron chi connectivity index (χ4n) is 2.86. The number of rotatable bonds is 8. The Bertz CT molecular complexity index is 1120. The first-order valence-electron chi connectivity index (χ1n) is 8.72. The third-order valence-electron chi connectivity index (χ3n) is 4.17. The highest BCUT2D eigenvalue weighted by Crippen LogP contribution is 2.32. The Morgan fingerprint density at radius 2 is 1.76 bits per heavy atom. The van der Waals surface area contributed by atoms with Crippen LogP contribution in [0.25, 0.3) is 0 Å². The van der Waals surface area contributed by atoms with Crippen molar-refractivity contribution in [3.8, 4) is 5.75 Å². The lowest BCUT2D eigenvalue weighted by atomic mass is 10.1. The first-order chi connectivity index (χ1) is 13.7. The summed E-state index contributed by atoms with van der Waals surface area (Å²) in [4.78, 5) is 0. The van der Waals surface area contributed by atoms with Gasteiger partial charge in [0.25, 0.3) is 0 Å². The highest BCUT2D eigenvalue weighted by atomic mass is 32.2. The van der Waals surface area contributed by atoms with Crippen LogP contribution in [0.4, 0.5) is 5.69 Å². The molecule has 29 heavy (non-hydrogen) atoms. The van der Waals surface area contributed by atoms with Crippen LogP contribution in [0, 0.1) is 0 Å². The highest BCUT2D eigenvalue weighted by Gasteiger charge is 2.30. The number of nitrogens with zero attached hydrogens (tertiary/aromatic N) is 1. The number of hydrogen-bond acceptors (Lipinski definition) is 6. The summed E-state index contributed by atoms with van der Waals surface area (Å²) in [5.74, 6) is -0.915. The third kappa shape index (κ3) is 5.40. The molecule has 0 saturated carbocycles. The summed E-state index contributed by atoms with van der Waals surface area (Å²) in [6.07, 6.45) is 1.93. The van der Waals surface area contributed by atoms with Gasteiger partial charge in [0, 0.05) is 6.54 Å². The summed E-state index contributed by atoms with van der Waals surface area (Å²) >= 11 is 0. The SMILES string of the molecule is O=S(=O)(Cc1ccccc1)NCCCc1ccc(N2C=C(O)NS2(=O)=O)c(O)c1. The summed E-state index contributed by atoms with van der Waals surface area (Å²) in [6, 6.07) is 13.3. The standard InChI is InChI=1S/C18H21N3O6S2/c22-17-11-14(8-9-16(17)21-12-18(23)20-29(21,26)27)7-4-10-19-28(24,25)13-15-5-2-1-3-6-15/h1-3,5-6,8-9,11-12,19-20,22-23H,4,7,10,13H2. The molecule has 1 heterocycles. The van der Waals surface area contributed by atoms with Crippen LogP contribution in [0.15, 0.2) is 60.6 Å². The molecule has 0 radical (unpaired) electrons. The zero-order chi connectivity index (χ0) is 21.1. The van der Waals surface area contributed by atoms with Crippen LogP contribution in [-0.2, 0) is 32.4 Å². The van der Waals surface area contributed by atoms with Gasteiger partial charge < -0.3 is 10.2 Å². The predicted octanol–water partition coefficient (Wildman–Crippen LogP) is 1.46. The van der Waals surface area contributed by atoms with Crippen molar-refractivity contribution in [2.75, 3.05) is 10.8 Å². The summed E-state index contributed by atoms with van der Waals surface area (Å²) < 4.78 is 53.1. The van der Waals surface area contributed by atoms with Crippen LogP contribution >= 0.6 is 0 Å². The van der Waals surface area contributed by atoms with Gasteiger partial charge in [0.1, 0.15) is 11.4 Å². The lowest BCUT2D eigenvalue weighted by Crippen LogP contribution is -2.29. The maximum atomic E-state index is 12.1. The Morgan fingerprint density at radius 3 is 2.38 bits per heavy atom. The van der Waals surface area contributed by atoms with E-state index in [2.05, 4.69) is 4.72 Å². The smallest absolute Gasteiger partial charge is 0.330 e. The number of aromatic hydroxyl groups is 1. The molecule has 0 saturated heterocycles. The second kappa shape index (κ2) is 8.31. The first-order valence-corrected chi connectivity index (χ1v) is 11.8. The maximum absolute atomic E-state index is 12.1. The Kier molecular flexibility index (Phi) is 6.01. The van der Waals surface area contributed by atoms with Gasteiger partial charge >= 0.3 is 10.2 Å². The van der Waals surface area contributed by atoms with Crippen LogP contribution in [0.1, 0.15) is 17.5 Å². The number of sulfonamides is 1. The normalized spacial score (nSPS) is 15.7. The molecule has 0 fully saturated rings. The van der Waals surface area contributed by atoms with Crippen molar-refractivity contribution in [3.05, 3.63) is 71.7 Å². The van der Waals surface area contributed by atoms with E-state index in [0.29, 0.717) is 24.0 Å². The van der Waals surface area contributed by atoms with Crippen LogP contribution < -0.4 is 13.7 Å². The molecule has 0 bridgehead atoms. The average Bonchev–Trinajstić information content (AvgIpc) is 2.91. The summed E-state index contributed by atoms with van der Waals surface area (Å²) in [5, 5.41) is 19.5. The monoisotopic (exact) mass is 439 g/mol. The molecule has 0 amide bonds. The Morgan fingerprint density at radius 1 is 1.03 bits per heavy atom. The van der Waals surface area contributed by atoms with Crippen molar-refractivity contribution in [2.24, 2.45) is 0 Å². The number of aliphatic hydroxyl groups is 1. The van der Waals surface area contributed by atoms with Crippen LogP contribution in [0.3, 0.4) is 0 Å². The van der Waals surface area contributed by atoms with Gasteiger partial charge in [-0.3, -0.25) is 0 Å². The van der Waals surface area contributed by atoms with E-state index >= 15 is 0 Å². The molecule has 4 N–H and O–H groups in total. The molecule has 0 spiro atoms. The second-order valence-corrected chi connectivity index (χ2v) is 9.84. The van der Waals surface area contributed by atoms with Gasteiger partial charge in [0.15, 0.2) is 0 Å². The zero-order valence-corrected chi connectivity index (χ0v) is 16.9. The Hall–Kier alpha value is -2.76. The third-order valence-corrected chi connectivity index (χ3v) is 6.82. The molecule has 156 valence electrons. The zero-order valence-electron chi connectivity index (χ0n) is 15.3. The number of benzene rings is 2. The molecule has 2 aromatic rings. The fourth-order valence-corrected chi connectivity index (χ4v) is 5.12. The highest BCUT2D eigenvalue weighted by molar-refractivity contribution is 7.91. The number of aliphatic hydroxyl groups excluding tert-OH is 1. The van der Waals surface area contributed by atoms with Crippen molar-refractivity contribution < 1.29 is 27.0 Å². The first kappa shape index (κ1) is 21.0. The van der Waals surface area contributed by atoms with Crippen LogP contribution in [-0.4, -0.2) is 33.6 Å². The Labute approximate surface area is 169 Å². The van der Waals surface area contributed by atoms with Crippen LogP contribution in [0.5, 0.6) is 5.75 Å². The van der Waals surface area contributed by atoms with Gasteiger partial charge in [-0.15, -0.1) is 0 Å². The fraction of sp³-hybridized carbons (Fsp3) is 0.222. The van der Waals surface area contributed by atoms with Crippen molar-refractivity contribution in [1.29, 1.82) is 0 Å². The largest absolute Gasteiger partial charge is 0.506 e. The van der Waals surface area contributed by atoms with Crippen molar-refractivity contribution >= 4 is 25.9 Å². The number of hydrogen-bond donors (Lipinski definition) is 4. The number of aryl methyl sites for hydroxylation is 1. The summed E-state index contributed by atoms with van der Waals surface area (Å²) in [5.41, 5.74) is 1.41. The molecule has 1 aliphatic rings. The molecule has 0 aliphatic carbocycles. The number of nitrogens with one attached hydrogen (secondary N) is 2. The average molecular weight is 440 g/mol. The molecule has 11 heteroatoms. The summed E-state index contributed by atoms with van der Waals surface area (Å²) in [7, 11) is -7.43. The second-order valence-electron chi connectivity index (χ2n) is 6.48. The molecule has 0 unspecified atom stereocenters. The van der Waals surface area contributed by atoms with Crippen molar-refractivity contribution in [1.82, 2.24) is 9.44 Å². The van der Waals surface area contributed by atoms with Gasteiger partial charge in [-0.2, -0.15) is 8.42 Å². The van der Waals surface area contributed by atoms with E-state index in [-0.39, 0.29) is 23.7 Å². The van der Waals surface area contributed by atoms with Gasteiger partial charge in [0.2, 0.25) is 15.9 Å². The Balaban J connectivity index is 1.55. The van der Waals surface area contributed by atoms with Crippen molar-refractivity contribution in [3.63, 3.8) is 0 Å². The van der Waals surface area contributed by atoms with E-state index in [1.807, 2.05) is 10.8 Å². The minimum Gasteiger partial charge on any atom is -0.506 e. The molecule has 9 nitrogen and oxygen atoms in total. The lowest BCUT2D eigenvalue weighted by molar-refractivity contribution is 0.392. The van der Waals surface area contributed by atoms with Gasteiger partial charge in [-0.25, -0.2) is 22.2 Å². The molecule has 3 rings (SSSR count). The van der Waals surface area contributed by atoms with Crippen LogP contribution in [0.2, 0.25) is 0 Å². The molecular formula is C18H21N3O6S2. The quantitative estimate of drug-likeness (QED) is 0.460. The minimum absolute atomic E-state index is 0.00568. The topological polar surface area (TPSA) is 136 Å². The lowest BCUT2D eigenvalue weighted by Gasteiger charge is -2.16.